The number of nitrogens with one attached hydrogen (secondary N) is 1. The molecule has 1 amide bonds. The number of thiophene rings is 1. The molecule has 3 rings (SSSR count). The van der Waals surface area contributed by atoms with Crippen molar-refractivity contribution in [2.45, 2.75) is 18.4 Å². The summed E-state index contributed by atoms with van der Waals surface area (Å²) in [5.74, 6) is 2.43. The molecule has 2 saturated heterocycles. The Morgan fingerprint density at radius 3 is 2.76 bits per heavy atom. The maximum absolute atomic E-state index is 12.2. The summed E-state index contributed by atoms with van der Waals surface area (Å²) >= 11 is 3.59. The van der Waals surface area contributed by atoms with Gasteiger partial charge in [0.2, 0.25) is 0 Å². The molecule has 0 aliphatic carbocycles. The number of hydrogen-bond donors (Lipinski definition) is 1. The quantitative estimate of drug-likeness (QED) is 0.920. The summed E-state index contributed by atoms with van der Waals surface area (Å²) in [5.41, 5.74) is 0.906. The van der Waals surface area contributed by atoms with Gasteiger partial charge in [0.1, 0.15) is 0 Å². The van der Waals surface area contributed by atoms with E-state index in [0.29, 0.717) is 0 Å². The molecule has 1 aromatic rings. The molecule has 1 aromatic heterocycles. The van der Waals surface area contributed by atoms with Crippen LogP contribution in [0, 0.1) is 0 Å². The molecule has 0 unspecified atom stereocenters. The molecule has 0 spiro atoms. The van der Waals surface area contributed by atoms with Gasteiger partial charge in [-0.1, -0.05) is 0 Å². The van der Waals surface area contributed by atoms with E-state index in [1.807, 2.05) is 28.6 Å². The molecular weight excluding hydrogens is 304 g/mol. The average molecular weight is 326 g/mol. The maximum atomic E-state index is 12.2. The van der Waals surface area contributed by atoms with E-state index in [1.165, 1.54) is 11.5 Å². The fourth-order valence-corrected chi connectivity index (χ4v) is 5.02. The van der Waals surface area contributed by atoms with Crippen molar-refractivity contribution in [1.29, 1.82) is 0 Å². The number of ether oxygens (including phenoxy) is 1. The van der Waals surface area contributed by atoms with Crippen molar-refractivity contribution < 1.29 is 9.53 Å². The number of carbonyl (C=O) groups excluding carboxylic acids is 1. The first kappa shape index (κ1) is 15.3. The van der Waals surface area contributed by atoms with Gasteiger partial charge in [0, 0.05) is 36.1 Å². The van der Waals surface area contributed by atoms with Gasteiger partial charge in [-0.25, -0.2) is 0 Å². The molecule has 0 radical (unpaired) electrons. The third-order valence-electron chi connectivity index (χ3n) is 4.47. The topological polar surface area (TPSA) is 41.6 Å². The monoisotopic (exact) mass is 326 g/mol. The van der Waals surface area contributed by atoms with Crippen molar-refractivity contribution in [3.05, 3.63) is 22.4 Å². The minimum atomic E-state index is 0.0575. The van der Waals surface area contributed by atoms with Crippen LogP contribution in [-0.2, 0) is 4.74 Å². The summed E-state index contributed by atoms with van der Waals surface area (Å²) in [6.45, 7) is 4.35. The van der Waals surface area contributed by atoms with Gasteiger partial charge in [0.25, 0.3) is 5.91 Å². The fourth-order valence-electron chi connectivity index (χ4n) is 3.13. The lowest BCUT2D eigenvalue weighted by atomic mass is 9.89. The molecule has 116 valence electrons. The van der Waals surface area contributed by atoms with Gasteiger partial charge in [0.15, 0.2) is 0 Å². The van der Waals surface area contributed by atoms with Crippen LogP contribution in [0.25, 0.3) is 0 Å². The average Bonchev–Trinajstić information content (AvgIpc) is 3.09. The molecule has 1 N–H and O–H groups in total. The van der Waals surface area contributed by atoms with E-state index in [1.54, 1.807) is 11.3 Å². The maximum Gasteiger partial charge on any atom is 0.252 e. The first-order valence-corrected chi connectivity index (χ1v) is 9.61. The largest absolute Gasteiger partial charge is 0.379 e. The van der Waals surface area contributed by atoms with Crippen LogP contribution in [0.15, 0.2) is 16.8 Å². The van der Waals surface area contributed by atoms with E-state index < -0.39 is 0 Å². The van der Waals surface area contributed by atoms with Crippen molar-refractivity contribution in [2.24, 2.45) is 0 Å². The predicted octanol–water partition coefficient (Wildman–Crippen LogP) is 2.08. The number of morpholine rings is 1. The second kappa shape index (κ2) is 7.13. The van der Waals surface area contributed by atoms with Crippen LogP contribution < -0.4 is 5.32 Å². The van der Waals surface area contributed by atoms with Crippen LogP contribution in [0.5, 0.6) is 0 Å². The molecule has 2 fully saturated rings. The van der Waals surface area contributed by atoms with Crippen molar-refractivity contribution in [2.75, 3.05) is 44.4 Å². The van der Waals surface area contributed by atoms with Crippen LogP contribution in [-0.4, -0.2) is 60.7 Å². The highest BCUT2D eigenvalue weighted by Gasteiger charge is 2.39. The minimum absolute atomic E-state index is 0.0575. The van der Waals surface area contributed by atoms with Gasteiger partial charge < -0.3 is 10.1 Å². The first-order valence-electron chi connectivity index (χ1n) is 7.51. The van der Waals surface area contributed by atoms with E-state index in [0.717, 1.165) is 51.3 Å². The SMILES string of the molecule is O=C(NCC1(N2CCOCC2)CCSCC1)c1ccsc1. The van der Waals surface area contributed by atoms with Gasteiger partial charge in [-0.05, 0) is 35.8 Å². The van der Waals surface area contributed by atoms with E-state index in [9.17, 15) is 4.79 Å². The van der Waals surface area contributed by atoms with Gasteiger partial charge >= 0.3 is 0 Å². The Hall–Kier alpha value is -0.560. The molecule has 0 bridgehead atoms. The van der Waals surface area contributed by atoms with Crippen molar-refractivity contribution in [1.82, 2.24) is 10.2 Å². The minimum Gasteiger partial charge on any atom is -0.379 e. The highest BCUT2D eigenvalue weighted by atomic mass is 32.2. The molecule has 0 atom stereocenters. The summed E-state index contributed by atoms with van der Waals surface area (Å²) in [5, 5.41) is 7.03. The summed E-state index contributed by atoms with van der Waals surface area (Å²) < 4.78 is 5.49. The molecule has 2 aliphatic rings. The first-order chi connectivity index (χ1) is 10.3. The molecule has 3 heterocycles. The van der Waals surface area contributed by atoms with E-state index in [4.69, 9.17) is 4.74 Å². The van der Waals surface area contributed by atoms with Crippen molar-refractivity contribution >= 4 is 29.0 Å². The number of carbonyl (C=O) groups is 1. The van der Waals surface area contributed by atoms with E-state index in [2.05, 4.69) is 10.2 Å². The van der Waals surface area contributed by atoms with Gasteiger partial charge in [0.05, 0.1) is 13.2 Å². The molecule has 21 heavy (non-hydrogen) atoms. The van der Waals surface area contributed by atoms with E-state index in [-0.39, 0.29) is 11.4 Å². The molecule has 0 aromatic carbocycles. The highest BCUT2D eigenvalue weighted by molar-refractivity contribution is 7.99. The second-order valence-corrected chi connectivity index (χ2v) is 7.64. The normalized spacial score (nSPS) is 22.9. The van der Waals surface area contributed by atoms with Crippen LogP contribution in [0.2, 0.25) is 0 Å². The molecule has 0 saturated carbocycles. The zero-order valence-electron chi connectivity index (χ0n) is 12.2. The van der Waals surface area contributed by atoms with Crippen LogP contribution >= 0.6 is 23.1 Å². The molecule has 2 aliphatic heterocycles. The van der Waals surface area contributed by atoms with Crippen molar-refractivity contribution in [3.63, 3.8) is 0 Å². The number of amides is 1. The second-order valence-electron chi connectivity index (χ2n) is 5.63. The summed E-state index contributed by atoms with van der Waals surface area (Å²) in [6.07, 6.45) is 2.31. The Balaban J connectivity index is 1.65. The lowest BCUT2D eigenvalue weighted by Gasteiger charge is -2.48. The zero-order chi connectivity index (χ0) is 14.5. The Bertz CT molecular complexity index is 452. The molecule has 6 heteroatoms. The third kappa shape index (κ3) is 3.62. The van der Waals surface area contributed by atoms with Crippen LogP contribution in [0.3, 0.4) is 0 Å². The fraction of sp³-hybridized carbons (Fsp3) is 0.667. The van der Waals surface area contributed by atoms with Gasteiger partial charge in [-0.15, -0.1) is 0 Å². The Kier molecular flexibility index (Phi) is 5.21. The molecular formula is C15H22N2O2S2. The number of nitrogens with zero attached hydrogens (tertiary/aromatic N) is 1. The standard InChI is InChI=1S/C15H22N2O2S2/c18-14(13-1-8-21-11-13)16-12-15(2-9-20-10-3-15)17-4-6-19-7-5-17/h1,8,11H,2-7,9-10,12H2,(H,16,18). The van der Waals surface area contributed by atoms with Gasteiger partial charge in [-0.3, -0.25) is 9.69 Å². The number of hydrogen-bond acceptors (Lipinski definition) is 5. The smallest absolute Gasteiger partial charge is 0.252 e. The Morgan fingerprint density at radius 2 is 2.10 bits per heavy atom. The lowest BCUT2D eigenvalue weighted by Crippen LogP contribution is -2.60. The van der Waals surface area contributed by atoms with E-state index >= 15 is 0 Å². The van der Waals surface area contributed by atoms with Crippen LogP contribution in [0.1, 0.15) is 23.2 Å². The lowest BCUT2D eigenvalue weighted by molar-refractivity contribution is -0.0255. The highest BCUT2D eigenvalue weighted by Crippen LogP contribution is 2.32. The summed E-state index contributed by atoms with van der Waals surface area (Å²) in [7, 11) is 0. The van der Waals surface area contributed by atoms with Crippen molar-refractivity contribution in [3.8, 4) is 0 Å². The molecule has 4 nitrogen and oxygen atoms in total. The van der Waals surface area contributed by atoms with Crippen LogP contribution in [0.4, 0.5) is 0 Å². The summed E-state index contributed by atoms with van der Waals surface area (Å²) in [4.78, 5) is 14.8. The summed E-state index contributed by atoms with van der Waals surface area (Å²) in [6, 6.07) is 1.89. The van der Waals surface area contributed by atoms with Gasteiger partial charge in [-0.2, -0.15) is 23.1 Å². The Morgan fingerprint density at radius 1 is 1.33 bits per heavy atom. The Labute approximate surface area is 134 Å². The third-order valence-corrected chi connectivity index (χ3v) is 6.14. The predicted molar refractivity (Wildman–Crippen MR) is 88.3 cm³/mol. The number of rotatable bonds is 4. The zero-order valence-corrected chi connectivity index (χ0v) is 13.8. The number of thioether (sulfide) groups is 1.